The van der Waals surface area contributed by atoms with Gasteiger partial charge in [0.1, 0.15) is 6.04 Å². The molecule has 0 saturated carbocycles. The Morgan fingerprint density at radius 2 is 1.65 bits per heavy atom. The topological polar surface area (TPSA) is 111 Å². The lowest BCUT2D eigenvalue weighted by atomic mass is 9.67. The predicted octanol–water partition coefficient (Wildman–Crippen LogP) is 5.80. The van der Waals surface area contributed by atoms with Gasteiger partial charge in [-0.05, 0) is 49.6 Å². The van der Waals surface area contributed by atoms with E-state index in [0.717, 1.165) is 11.3 Å². The second-order valence-electron chi connectivity index (χ2n) is 9.67. The van der Waals surface area contributed by atoms with E-state index in [-0.39, 0.29) is 11.5 Å². The number of hydrogen-bond acceptors (Lipinski definition) is 6. The zero-order valence-corrected chi connectivity index (χ0v) is 20.7. The molecule has 7 heteroatoms. The number of carbonyl (C=O) groups excluding carboxylic acids is 1. The van der Waals surface area contributed by atoms with Crippen molar-refractivity contribution in [2.75, 3.05) is 4.90 Å². The van der Waals surface area contributed by atoms with Gasteiger partial charge in [0.2, 0.25) is 0 Å². The molecule has 0 amide bonds. The molecule has 3 atom stereocenters. The van der Waals surface area contributed by atoms with Gasteiger partial charge in [0.25, 0.3) is 5.69 Å². The first kappa shape index (κ1) is 24.0. The van der Waals surface area contributed by atoms with E-state index >= 15 is 0 Å². The molecule has 7 nitrogen and oxygen atoms in total. The molecule has 2 aliphatic rings. The van der Waals surface area contributed by atoms with Crippen molar-refractivity contribution in [1.29, 1.82) is 10.5 Å². The highest BCUT2D eigenvalue weighted by Gasteiger charge is 2.64. The first-order valence-corrected chi connectivity index (χ1v) is 12.0. The Hall–Kier alpha value is -4.75. The fraction of sp³-hybridized carbons (Fsp3) is 0.233. The summed E-state index contributed by atoms with van der Waals surface area (Å²) in [6.07, 6.45) is 3.69. The van der Waals surface area contributed by atoms with Gasteiger partial charge in [-0.15, -0.1) is 0 Å². The second kappa shape index (κ2) is 8.72. The number of carbonyl (C=O) groups is 1. The highest BCUT2D eigenvalue weighted by Crippen LogP contribution is 2.57. The van der Waals surface area contributed by atoms with Crippen LogP contribution >= 0.6 is 0 Å². The zero-order chi connectivity index (χ0) is 26.5. The van der Waals surface area contributed by atoms with Crippen molar-refractivity contribution >= 4 is 23.2 Å². The van der Waals surface area contributed by atoms with E-state index < -0.39 is 28.3 Å². The van der Waals surface area contributed by atoms with Crippen molar-refractivity contribution in [3.05, 3.63) is 110 Å². The number of nitro benzene ring substituents is 1. The van der Waals surface area contributed by atoms with E-state index in [0.29, 0.717) is 27.8 Å². The highest BCUT2D eigenvalue weighted by atomic mass is 16.6. The van der Waals surface area contributed by atoms with Crippen LogP contribution in [-0.4, -0.2) is 22.8 Å². The summed E-state index contributed by atoms with van der Waals surface area (Å²) in [6.45, 7) is 5.15. The fourth-order valence-corrected chi connectivity index (χ4v) is 6.27. The molecule has 2 heterocycles. The summed E-state index contributed by atoms with van der Waals surface area (Å²) >= 11 is 0. The lowest BCUT2D eigenvalue weighted by molar-refractivity contribution is -0.386. The molecule has 0 unspecified atom stereocenters. The molecular formula is C30H24N4O3. The normalized spacial score (nSPS) is 20.9. The summed E-state index contributed by atoms with van der Waals surface area (Å²) in [7, 11) is 0. The summed E-state index contributed by atoms with van der Waals surface area (Å²) < 4.78 is 0. The molecular weight excluding hydrogens is 464 g/mol. The number of nitro groups is 1. The van der Waals surface area contributed by atoms with Crippen molar-refractivity contribution in [2.24, 2.45) is 5.41 Å². The molecule has 0 radical (unpaired) electrons. The molecule has 0 bridgehead atoms. The molecule has 0 aromatic heterocycles. The first-order chi connectivity index (χ1) is 17.8. The average molecular weight is 489 g/mol. The van der Waals surface area contributed by atoms with Crippen LogP contribution in [-0.2, 0) is 0 Å². The Labute approximate surface area is 215 Å². The molecule has 1 saturated heterocycles. The Morgan fingerprint density at radius 1 is 1.00 bits per heavy atom. The number of para-hydroxylation sites is 1. The number of ketones is 1. The van der Waals surface area contributed by atoms with E-state index in [2.05, 4.69) is 12.1 Å². The second-order valence-corrected chi connectivity index (χ2v) is 9.67. The molecule has 1 fully saturated rings. The van der Waals surface area contributed by atoms with Crippen LogP contribution in [0.1, 0.15) is 44.1 Å². The zero-order valence-electron chi connectivity index (χ0n) is 20.7. The van der Waals surface area contributed by atoms with Crippen molar-refractivity contribution < 1.29 is 9.72 Å². The van der Waals surface area contributed by atoms with Gasteiger partial charge in [0, 0.05) is 28.3 Å². The highest BCUT2D eigenvalue weighted by molar-refractivity contribution is 6.04. The van der Waals surface area contributed by atoms with Crippen LogP contribution in [0, 0.1) is 59.0 Å². The van der Waals surface area contributed by atoms with Gasteiger partial charge in [0.05, 0.1) is 23.1 Å². The van der Waals surface area contributed by atoms with Crippen molar-refractivity contribution in [1.82, 2.24) is 0 Å². The molecule has 3 aromatic carbocycles. The summed E-state index contributed by atoms with van der Waals surface area (Å²) in [5.41, 5.74) is 2.44. The number of benzene rings is 3. The van der Waals surface area contributed by atoms with Crippen LogP contribution < -0.4 is 4.90 Å². The number of hydrogen-bond donors (Lipinski definition) is 0. The van der Waals surface area contributed by atoms with E-state index in [9.17, 15) is 25.4 Å². The molecule has 5 rings (SSSR count). The van der Waals surface area contributed by atoms with Crippen LogP contribution in [0.4, 0.5) is 11.4 Å². The molecule has 37 heavy (non-hydrogen) atoms. The van der Waals surface area contributed by atoms with Crippen LogP contribution in [0.3, 0.4) is 0 Å². The van der Waals surface area contributed by atoms with Crippen LogP contribution in [0.2, 0.25) is 0 Å². The molecule has 182 valence electrons. The summed E-state index contributed by atoms with van der Waals surface area (Å²) in [5.74, 6) is -1.18. The smallest absolute Gasteiger partial charge is 0.275 e. The van der Waals surface area contributed by atoms with Gasteiger partial charge in [-0.25, -0.2) is 0 Å². The monoisotopic (exact) mass is 488 g/mol. The Morgan fingerprint density at radius 3 is 2.30 bits per heavy atom. The van der Waals surface area contributed by atoms with Gasteiger partial charge in [-0.1, -0.05) is 60.7 Å². The number of rotatable bonds is 4. The number of aryl methyl sites for hydroxylation is 2. The van der Waals surface area contributed by atoms with Gasteiger partial charge in [-0.3, -0.25) is 14.9 Å². The van der Waals surface area contributed by atoms with Gasteiger partial charge >= 0.3 is 0 Å². The Bertz CT molecular complexity index is 1550. The minimum atomic E-state index is -1.67. The lowest BCUT2D eigenvalue weighted by Gasteiger charge is -2.35. The third kappa shape index (κ3) is 3.36. The summed E-state index contributed by atoms with van der Waals surface area (Å²) in [5, 5.41) is 33.3. The maximum absolute atomic E-state index is 14.3. The quantitative estimate of drug-likeness (QED) is 0.260. The molecule has 0 spiro atoms. The van der Waals surface area contributed by atoms with Gasteiger partial charge < -0.3 is 4.90 Å². The van der Waals surface area contributed by atoms with Crippen molar-refractivity contribution in [3.8, 4) is 12.1 Å². The van der Waals surface area contributed by atoms with E-state index in [4.69, 9.17) is 0 Å². The van der Waals surface area contributed by atoms with E-state index in [1.807, 2.05) is 54.3 Å². The molecule has 0 aliphatic carbocycles. The molecule has 2 aliphatic heterocycles. The standard InChI is InChI=1S/C30H24N4O3/c1-18-15-19(2)27(34(36)37)20(3)25(18)26-28(29(35)22-10-5-4-6-11-22)33-23-12-8-7-9-21(23)13-14-24(33)30(26,16-31)17-32/h4-15,24,26,28H,1-3H3/t24-,26+,28-/m0/s1. The Balaban J connectivity index is 1.88. The largest absolute Gasteiger partial charge is 0.351 e. The van der Waals surface area contributed by atoms with Crippen LogP contribution in [0.25, 0.3) is 6.08 Å². The van der Waals surface area contributed by atoms with E-state index in [1.165, 1.54) is 0 Å². The third-order valence-electron chi connectivity index (χ3n) is 7.73. The number of nitrogens with zero attached hydrogens (tertiary/aromatic N) is 4. The number of anilines is 1. The maximum atomic E-state index is 14.3. The van der Waals surface area contributed by atoms with Crippen LogP contribution in [0.15, 0.2) is 66.7 Å². The van der Waals surface area contributed by atoms with Gasteiger partial charge in [0.15, 0.2) is 11.2 Å². The third-order valence-corrected chi connectivity index (χ3v) is 7.73. The lowest BCUT2D eigenvalue weighted by Crippen LogP contribution is -2.44. The first-order valence-electron chi connectivity index (χ1n) is 12.0. The molecule has 3 aromatic rings. The minimum Gasteiger partial charge on any atom is -0.351 e. The SMILES string of the molecule is Cc1cc(C)c([N+](=O)[O-])c(C)c1[C@@H]1[C@@H](C(=O)c2ccccc2)N2c3ccccc3C=C[C@H]2C1(C#N)C#N. The van der Waals surface area contributed by atoms with Crippen LogP contribution in [0.5, 0.6) is 0 Å². The Kier molecular flexibility index (Phi) is 5.65. The molecule has 0 N–H and O–H groups in total. The number of fused-ring (bicyclic) bond motifs is 3. The summed E-state index contributed by atoms with van der Waals surface area (Å²) in [4.78, 5) is 27.8. The number of nitriles is 2. The summed E-state index contributed by atoms with van der Waals surface area (Å²) in [6, 6.07) is 21.0. The van der Waals surface area contributed by atoms with Gasteiger partial charge in [-0.2, -0.15) is 10.5 Å². The van der Waals surface area contributed by atoms with Crippen molar-refractivity contribution in [3.63, 3.8) is 0 Å². The van der Waals surface area contributed by atoms with E-state index in [1.54, 1.807) is 44.2 Å². The maximum Gasteiger partial charge on any atom is 0.275 e. The fourth-order valence-electron chi connectivity index (χ4n) is 6.27. The average Bonchev–Trinajstić information content (AvgIpc) is 3.18. The number of Topliss-reactive ketones (excluding diaryl/α,β-unsaturated/α-hetero) is 1. The minimum absolute atomic E-state index is 0.0582. The van der Waals surface area contributed by atoms with Crippen molar-refractivity contribution in [2.45, 2.75) is 38.8 Å². The predicted molar refractivity (Wildman–Crippen MR) is 140 cm³/mol.